The average Bonchev–Trinajstić information content (AvgIpc) is 2.26. The molecule has 0 heterocycles. The van der Waals surface area contributed by atoms with Crippen molar-refractivity contribution in [1.29, 1.82) is 0 Å². The maximum atomic E-state index is 3.59. The van der Waals surface area contributed by atoms with Gasteiger partial charge in [0.1, 0.15) is 0 Å². The van der Waals surface area contributed by atoms with Gasteiger partial charge in [0.05, 0.1) is 0 Å². The highest BCUT2D eigenvalue weighted by atomic mass is 15.2. The van der Waals surface area contributed by atoms with Crippen molar-refractivity contribution in [2.45, 2.75) is 84.3 Å². The van der Waals surface area contributed by atoms with Crippen molar-refractivity contribution in [2.75, 3.05) is 13.6 Å². The number of rotatable bonds is 5. The third-order valence-electron chi connectivity index (χ3n) is 4.27. The normalized spacial score (nSPS) is 26.7. The van der Waals surface area contributed by atoms with Gasteiger partial charge in [0.15, 0.2) is 0 Å². The van der Waals surface area contributed by atoms with Gasteiger partial charge in [0.2, 0.25) is 0 Å². The smallest absolute Gasteiger partial charge is 0.0252 e. The SMILES string of the molecule is CNC1CCCCCCC1N(CC(C)C)C(C)C. The predicted molar refractivity (Wildman–Crippen MR) is 81.0 cm³/mol. The fraction of sp³-hybridized carbons (Fsp3) is 1.00. The first-order valence-electron chi connectivity index (χ1n) is 7.99. The van der Waals surface area contributed by atoms with Gasteiger partial charge in [-0.1, -0.05) is 39.5 Å². The highest BCUT2D eigenvalue weighted by molar-refractivity contribution is 4.87. The minimum absolute atomic E-state index is 0.660. The van der Waals surface area contributed by atoms with E-state index in [-0.39, 0.29) is 0 Å². The van der Waals surface area contributed by atoms with Gasteiger partial charge in [-0.15, -0.1) is 0 Å². The lowest BCUT2D eigenvalue weighted by Crippen LogP contribution is -2.53. The van der Waals surface area contributed by atoms with Crippen LogP contribution < -0.4 is 5.32 Å². The summed E-state index contributed by atoms with van der Waals surface area (Å²) in [6.45, 7) is 10.6. The molecule has 0 aromatic carbocycles. The standard InChI is InChI=1S/C16H34N2/c1-13(2)12-18(14(3)4)16-11-9-7-6-8-10-15(16)17-5/h13-17H,6-12H2,1-5H3. The van der Waals surface area contributed by atoms with E-state index in [0.717, 1.165) is 12.0 Å². The number of nitrogens with one attached hydrogen (secondary N) is 1. The van der Waals surface area contributed by atoms with Crippen LogP contribution in [0, 0.1) is 5.92 Å². The molecule has 0 radical (unpaired) electrons. The van der Waals surface area contributed by atoms with Crippen LogP contribution in [-0.2, 0) is 0 Å². The largest absolute Gasteiger partial charge is 0.315 e. The molecule has 1 fully saturated rings. The van der Waals surface area contributed by atoms with Crippen molar-refractivity contribution >= 4 is 0 Å². The first-order valence-corrected chi connectivity index (χ1v) is 7.99. The van der Waals surface area contributed by atoms with Crippen molar-refractivity contribution in [1.82, 2.24) is 10.2 Å². The Balaban J connectivity index is 2.74. The Labute approximate surface area is 115 Å². The van der Waals surface area contributed by atoms with E-state index in [1.807, 2.05) is 0 Å². The van der Waals surface area contributed by atoms with Crippen LogP contribution in [0.1, 0.15) is 66.2 Å². The van der Waals surface area contributed by atoms with Crippen molar-refractivity contribution < 1.29 is 0 Å². The molecule has 2 unspecified atom stereocenters. The Kier molecular flexibility index (Phi) is 7.25. The third-order valence-corrected chi connectivity index (χ3v) is 4.27. The molecule has 0 aliphatic heterocycles. The van der Waals surface area contributed by atoms with Gasteiger partial charge in [0.25, 0.3) is 0 Å². The molecule has 1 saturated carbocycles. The molecule has 0 amide bonds. The number of hydrogen-bond acceptors (Lipinski definition) is 2. The van der Waals surface area contributed by atoms with Crippen LogP contribution in [0.2, 0.25) is 0 Å². The van der Waals surface area contributed by atoms with E-state index in [1.165, 1.54) is 45.1 Å². The molecule has 1 rings (SSSR count). The van der Waals surface area contributed by atoms with Crippen LogP contribution in [0.25, 0.3) is 0 Å². The molecule has 0 saturated heterocycles. The molecule has 108 valence electrons. The second-order valence-electron chi connectivity index (χ2n) is 6.64. The fourth-order valence-corrected chi connectivity index (χ4v) is 3.35. The van der Waals surface area contributed by atoms with Gasteiger partial charge in [0, 0.05) is 24.7 Å². The maximum absolute atomic E-state index is 3.59. The highest BCUT2D eigenvalue weighted by Crippen LogP contribution is 2.24. The molecule has 2 nitrogen and oxygen atoms in total. The van der Waals surface area contributed by atoms with Crippen molar-refractivity contribution in [3.05, 3.63) is 0 Å². The lowest BCUT2D eigenvalue weighted by Gasteiger charge is -2.41. The molecule has 1 aliphatic rings. The zero-order valence-corrected chi connectivity index (χ0v) is 13.2. The summed E-state index contributed by atoms with van der Waals surface area (Å²) in [4.78, 5) is 2.75. The zero-order chi connectivity index (χ0) is 13.5. The average molecular weight is 254 g/mol. The molecule has 0 bridgehead atoms. The summed E-state index contributed by atoms with van der Waals surface area (Å²) in [6.07, 6.45) is 8.38. The van der Waals surface area contributed by atoms with Gasteiger partial charge in [-0.25, -0.2) is 0 Å². The number of likely N-dealkylation sites (N-methyl/N-ethyl adjacent to an activating group) is 1. The Hall–Kier alpha value is -0.0800. The second kappa shape index (κ2) is 8.16. The van der Waals surface area contributed by atoms with E-state index >= 15 is 0 Å². The first-order chi connectivity index (χ1) is 8.56. The minimum atomic E-state index is 0.660. The van der Waals surface area contributed by atoms with Gasteiger partial charge >= 0.3 is 0 Å². The molecular formula is C16H34N2. The molecule has 0 aromatic heterocycles. The lowest BCUT2D eigenvalue weighted by molar-refractivity contribution is 0.0911. The first kappa shape index (κ1) is 16.0. The molecule has 2 heteroatoms. The van der Waals surface area contributed by atoms with Crippen molar-refractivity contribution in [3.63, 3.8) is 0 Å². The minimum Gasteiger partial charge on any atom is -0.315 e. The van der Waals surface area contributed by atoms with E-state index in [0.29, 0.717) is 12.1 Å². The summed E-state index contributed by atoms with van der Waals surface area (Å²) >= 11 is 0. The summed E-state index contributed by atoms with van der Waals surface area (Å²) < 4.78 is 0. The quantitative estimate of drug-likeness (QED) is 0.805. The van der Waals surface area contributed by atoms with Crippen LogP contribution in [0.15, 0.2) is 0 Å². The Morgan fingerprint density at radius 2 is 1.61 bits per heavy atom. The van der Waals surface area contributed by atoms with Gasteiger partial charge < -0.3 is 5.32 Å². The van der Waals surface area contributed by atoms with E-state index in [1.54, 1.807) is 0 Å². The van der Waals surface area contributed by atoms with Gasteiger partial charge in [-0.3, -0.25) is 4.90 Å². The fourth-order valence-electron chi connectivity index (χ4n) is 3.35. The Bertz CT molecular complexity index is 213. The van der Waals surface area contributed by atoms with Crippen LogP contribution in [-0.4, -0.2) is 36.6 Å². The summed E-state index contributed by atoms with van der Waals surface area (Å²) in [5.74, 6) is 0.760. The summed E-state index contributed by atoms with van der Waals surface area (Å²) in [7, 11) is 2.15. The van der Waals surface area contributed by atoms with E-state index in [2.05, 4.69) is 45.0 Å². The topological polar surface area (TPSA) is 15.3 Å². The number of nitrogens with zero attached hydrogens (tertiary/aromatic N) is 1. The van der Waals surface area contributed by atoms with Crippen LogP contribution in [0.3, 0.4) is 0 Å². The summed E-state index contributed by atoms with van der Waals surface area (Å²) in [5, 5.41) is 3.59. The van der Waals surface area contributed by atoms with Gasteiger partial charge in [-0.05, 0) is 39.7 Å². The maximum Gasteiger partial charge on any atom is 0.0252 e. The van der Waals surface area contributed by atoms with Crippen LogP contribution in [0.4, 0.5) is 0 Å². The summed E-state index contributed by atoms with van der Waals surface area (Å²) in [6, 6.07) is 2.08. The molecule has 2 atom stereocenters. The van der Waals surface area contributed by atoms with Crippen molar-refractivity contribution in [3.8, 4) is 0 Å². The van der Waals surface area contributed by atoms with Crippen LogP contribution in [0.5, 0.6) is 0 Å². The van der Waals surface area contributed by atoms with E-state index in [4.69, 9.17) is 0 Å². The van der Waals surface area contributed by atoms with Gasteiger partial charge in [-0.2, -0.15) is 0 Å². The molecule has 1 aliphatic carbocycles. The molecular weight excluding hydrogens is 220 g/mol. The molecule has 18 heavy (non-hydrogen) atoms. The van der Waals surface area contributed by atoms with E-state index in [9.17, 15) is 0 Å². The second-order valence-corrected chi connectivity index (χ2v) is 6.64. The highest BCUT2D eigenvalue weighted by Gasteiger charge is 2.28. The molecule has 0 aromatic rings. The third kappa shape index (κ3) is 4.89. The predicted octanol–water partition coefficient (Wildman–Crippen LogP) is 3.66. The number of hydrogen-bond donors (Lipinski definition) is 1. The lowest BCUT2D eigenvalue weighted by atomic mass is 9.90. The molecule has 1 N–H and O–H groups in total. The van der Waals surface area contributed by atoms with Crippen molar-refractivity contribution in [2.24, 2.45) is 5.92 Å². The van der Waals surface area contributed by atoms with E-state index < -0.39 is 0 Å². The zero-order valence-electron chi connectivity index (χ0n) is 13.2. The summed E-state index contributed by atoms with van der Waals surface area (Å²) in [5.41, 5.74) is 0. The van der Waals surface area contributed by atoms with Crippen LogP contribution >= 0.6 is 0 Å². The Morgan fingerprint density at radius 3 is 2.11 bits per heavy atom. The molecule has 0 spiro atoms. The Morgan fingerprint density at radius 1 is 1.00 bits per heavy atom. The monoisotopic (exact) mass is 254 g/mol.